The number of aliphatic hydroxyl groups excluding tert-OH is 1. The molecule has 2 heterocycles. The van der Waals surface area contributed by atoms with E-state index in [2.05, 4.69) is 37.4 Å². The van der Waals surface area contributed by atoms with Crippen molar-refractivity contribution in [1.82, 2.24) is 5.32 Å². The van der Waals surface area contributed by atoms with Crippen LogP contribution >= 0.6 is 0 Å². The topological polar surface area (TPSA) is 41.5 Å². The van der Waals surface area contributed by atoms with Crippen molar-refractivity contribution in [2.24, 2.45) is 5.92 Å². The van der Waals surface area contributed by atoms with Gasteiger partial charge < -0.3 is 15.2 Å². The first-order valence-corrected chi connectivity index (χ1v) is 8.31. The number of fused-ring (bicyclic) bond motifs is 1. The fourth-order valence-electron chi connectivity index (χ4n) is 3.50. The lowest BCUT2D eigenvalue weighted by Gasteiger charge is -2.27. The van der Waals surface area contributed by atoms with Crippen LogP contribution in [0.25, 0.3) is 0 Å². The normalized spacial score (nSPS) is 29.3. The highest BCUT2D eigenvalue weighted by atomic mass is 16.5. The Morgan fingerprint density at radius 3 is 2.71 bits per heavy atom. The average molecular weight is 291 g/mol. The summed E-state index contributed by atoms with van der Waals surface area (Å²) in [5.41, 5.74) is 3.70. The molecule has 1 aromatic carbocycles. The molecule has 2 aliphatic heterocycles. The third kappa shape index (κ3) is 3.47. The van der Waals surface area contributed by atoms with E-state index in [1.54, 1.807) is 0 Å². The molecule has 0 amide bonds. The second-order valence-electron chi connectivity index (χ2n) is 5.98. The highest BCUT2D eigenvalue weighted by molar-refractivity contribution is 5.38. The van der Waals surface area contributed by atoms with Gasteiger partial charge in [0.05, 0.1) is 12.2 Å². The minimum Gasteiger partial charge on any atom is -0.386 e. The van der Waals surface area contributed by atoms with E-state index < -0.39 is 6.10 Å². The minimum atomic E-state index is -0.505. The van der Waals surface area contributed by atoms with Gasteiger partial charge in [-0.1, -0.05) is 39.0 Å². The summed E-state index contributed by atoms with van der Waals surface area (Å²) in [6.07, 6.45) is 1.77. The lowest BCUT2D eigenvalue weighted by Crippen LogP contribution is -2.29. The van der Waals surface area contributed by atoms with Gasteiger partial charge in [0.1, 0.15) is 6.10 Å². The van der Waals surface area contributed by atoms with Gasteiger partial charge in [-0.2, -0.15) is 0 Å². The number of ether oxygens (including phenoxy) is 1. The number of hydrogen-bond donors (Lipinski definition) is 2. The Labute approximate surface area is 128 Å². The van der Waals surface area contributed by atoms with Crippen molar-refractivity contribution in [1.29, 1.82) is 0 Å². The van der Waals surface area contributed by atoms with Crippen LogP contribution in [0.5, 0.6) is 0 Å². The van der Waals surface area contributed by atoms with Crippen LogP contribution in [0, 0.1) is 5.92 Å². The van der Waals surface area contributed by atoms with Crippen molar-refractivity contribution in [2.75, 3.05) is 6.54 Å². The van der Waals surface area contributed by atoms with Gasteiger partial charge in [-0.15, -0.1) is 0 Å². The van der Waals surface area contributed by atoms with Gasteiger partial charge in [0, 0.05) is 6.54 Å². The molecule has 0 aliphatic carbocycles. The van der Waals surface area contributed by atoms with E-state index in [9.17, 15) is 5.11 Å². The molecule has 3 rings (SSSR count). The average Bonchev–Trinajstić information content (AvgIpc) is 2.86. The van der Waals surface area contributed by atoms with Gasteiger partial charge in [0.2, 0.25) is 0 Å². The van der Waals surface area contributed by atoms with Crippen LogP contribution in [-0.2, 0) is 17.7 Å². The fourth-order valence-corrected chi connectivity index (χ4v) is 3.50. The van der Waals surface area contributed by atoms with Gasteiger partial charge >= 0.3 is 0 Å². The molecule has 4 unspecified atom stereocenters. The molecule has 0 spiro atoms. The summed E-state index contributed by atoms with van der Waals surface area (Å²) < 4.78 is 5.91. The summed E-state index contributed by atoms with van der Waals surface area (Å²) in [7, 11) is 0. The molecule has 2 aliphatic rings. The van der Waals surface area contributed by atoms with Crippen LogP contribution in [0.4, 0.5) is 0 Å². The van der Waals surface area contributed by atoms with Crippen molar-refractivity contribution < 1.29 is 9.84 Å². The second-order valence-corrected chi connectivity index (χ2v) is 5.98. The third-order valence-corrected chi connectivity index (χ3v) is 4.47. The molecule has 0 radical (unpaired) electrons. The van der Waals surface area contributed by atoms with E-state index in [-0.39, 0.29) is 12.2 Å². The number of hydrogen-bond acceptors (Lipinski definition) is 3. The molecule has 4 atom stereocenters. The molecule has 21 heavy (non-hydrogen) atoms. The molecule has 2 N–H and O–H groups in total. The van der Waals surface area contributed by atoms with Gasteiger partial charge in [0.25, 0.3) is 0 Å². The van der Waals surface area contributed by atoms with Crippen LogP contribution in [0.1, 0.15) is 56.9 Å². The maximum Gasteiger partial charge on any atom is 0.106 e. The van der Waals surface area contributed by atoms with E-state index >= 15 is 0 Å². The van der Waals surface area contributed by atoms with Crippen molar-refractivity contribution in [3.05, 3.63) is 34.9 Å². The molecular formula is C18H29NO2. The Morgan fingerprint density at radius 1 is 1.29 bits per heavy atom. The number of benzene rings is 1. The van der Waals surface area contributed by atoms with E-state index in [1.165, 1.54) is 11.1 Å². The van der Waals surface area contributed by atoms with Gasteiger partial charge in [0.15, 0.2) is 0 Å². The number of aliphatic hydroxyl groups is 1. The summed E-state index contributed by atoms with van der Waals surface area (Å²) >= 11 is 0. The van der Waals surface area contributed by atoms with Crippen LogP contribution in [0.15, 0.2) is 18.2 Å². The smallest absolute Gasteiger partial charge is 0.106 e. The molecule has 0 saturated carbocycles. The second kappa shape index (κ2) is 7.39. The third-order valence-electron chi connectivity index (χ3n) is 4.47. The molecule has 1 fully saturated rings. The van der Waals surface area contributed by atoms with Crippen LogP contribution in [-0.4, -0.2) is 23.9 Å². The molecule has 3 nitrogen and oxygen atoms in total. The number of rotatable bonds is 2. The maximum absolute atomic E-state index is 10.7. The maximum atomic E-state index is 10.7. The predicted molar refractivity (Wildman–Crippen MR) is 86.3 cm³/mol. The first-order chi connectivity index (χ1) is 10.2. The molecule has 0 aromatic heterocycles. The van der Waals surface area contributed by atoms with Crippen molar-refractivity contribution >= 4 is 0 Å². The monoisotopic (exact) mass is 291 g/mol. The lowest BCUT2D eigenvalue weighted by molar-refractivity contribution is -0.0418. The molecule has 1 aromatic rings. The van der Waals surface area contributed by atoms with Gasteiger partial charge in [-0.3, -0.25) is 0 Å². The summed E-state index contributed by atoms with van der Waals surface area (Å²) in [6, 6.07) is 6.29. The van der Waals surface area contributed by atoms with E-state index in [1.807, 2.05) is 13.8 Å². The SMILES string of the molecule is CC.CC1CC(C)C(C(O)c2cccc3c2CNCC3)O1. The van der Waals surface area contributed by atoms with Crippen molar-refractivity contribution in [3.63, 3.8) is 0 Å². The van der Waals surface area contributed by atoms with Gasteiger partial charge in [-0.05, 0) is 48.9 Å². The fraction of sp³-hybridized carbons (Fsp3) is 0.667. The quantitative estimate of drug-likeness (QED) is 0.879. The van der Waals surface area contributed by atoms with Gasteiger partial charge in [-0.25, -0.2) is 0 Å². The highest BCUT2D eigenvalue weighted by Gasteiger charge is 2.36. The largest absolute Gasteiger partial charge is 0.386 e. The Hall–Kier alpha value is -0.900. The van der Waals surface area contributed by atoms with Crippen molar-refractivity contribution in [3.8, 4) is 0 Å². The zero-order valence-corrected chi connectivity index (χ0v) is 13.7. The predicted octanol–water partition coefficient (Wildman–Crippen LogP) is 3.21. The summed E-state index contributed by atoms with van der Waals surface area (Å²) in [4.78, 5) is 0. The van der Waals surface area contributed by atoms with Crippen molar-refractivity contribution in [2.45, 2.75) is 65.4 Å². The first-order valence-electron chi connectivity index (χ1n) is 8.31. The summed E-state index contributed by atoms with van der Waals surface area (Å²) in [5, 5.41) is 14.1. The first kappa shape index (κ1) is 16.5. The molecule has 3 heteroatoms. The standard InChI is InChI=1S/C16H23NO2.C2H6/c1-10-8-11(2)19-16(10)15(18)13-5-3-4-12-6-7-17-9-14(12)13;1-2/h3-5,10-11,15-18H,6-9H2,1-2H3;1-2H3. The molecule has 0 bridgehead atoms. The molecule has 118 valence electrons. The minimum absolute atomic E-state index is 0.0663. The Morgan fingerprint density at radius 2 is 2.05 bits per heavy atom. The Balaban J connectivity index is 0.000000774. The van der Waals surface area contributed by atoms with Crippen LogP contribution in [0.3, 0.4) is 0 Å². The lowest BCUT2D eigenvalue weighted by atomic mass is 9.88. The Bertz CT molecular complexity index is 461. The Kier molecular flexibility index (Phi) is 5.80. The molecular weight excluding hydrogens is 262 g/mol. The zero-order chi connectivity index (χ0) is 15.4. The van der Waals surface area contributed by atoms with E-state index in [4.69, 9.17) is 4.74 Å². The van der Waals surface area contributed by atoms with E-state index in [0.29, 0.717) is 5.92 Å². The van der Waals surface area contributed by atoms with Crippen LogP contribution < -0.4 is 5.32 Å². The summed E-state index contributed by atoms with van der Waals surface area (Å²) in [5.74, 6) is 0.414. The highest BCUT2D eigenvalue weighted by Crippen LogP contribution is 2.36. The van der Waals surface area contributed by atoms with E-state index in [0.717, 1.165) is 31.5 Å². The van der Waals surface area contributed by atoms with Crippen LogP contribution in [0.2, 0.25) is 0 Å². The zero-order valence-electron chi connectivity index (χ0n) is 13.7. The molecule has 1 saturated heterocycles. The number of nitrogens with one attached hydrogen (secondary N) is 1. The summed E-state index contributed by atoms with van der Waals surface area (Å²) in [6.45, 7) is 10.1.